The lowest BCUT2D eigenvalue weighted by molar-refractivity contribution is 0.0948. The van der Waals surface area contributed by atoms with Gasteiger partial charge in [0.25, 0.3) is 5.91 Å². The first-order valence-electron chi connectivity index (χ1n) is 10.1. The number of H-pyrrole nitrogens is 1. The maximum Gasteiger partial charge on any atom is 0.268 e. The van der Waals surface area contributed by atoms with Gasteiger partial charge < -0.3 is 14.8 Å². The maximum atomic E-state index is 13.3. The molecule has 0 aliphatic rings. The second-order valence-corrected chi connectivity index (χ2v) is 10.4. The number of aromatic amines is 1. The van der Waals surface area contributed by atoms with Gasteiger partial charge in [-0.1, -0.05) is 58.6 Å². The number of aryl methyl sites for hydroxylation is 2. The van der Waals surface area contributed by atoms with E-state index in [0.29, 0.717) is 22.3 Å². The van der Waals surface area contributed by atoms with Crippen LogP contribution in [0.1, 0.15) is 27.2 Å². The number of hydrogen-bond donors (Lipinski definition) is 2. The van der Waals surface area contributed by atoms with Crippen molar-refractivity contribution in [2.24, 2.45) is 0 Å². The summed E-state index contributed by atoms with van der Waals surface area (Å²) in [7, 11) is 0.421. The van der Waals surface area contributed by atoms with Crippen molar-refractivity contribution in [3.05, 3.63) is 93.1 Å². The van der Waals surface area contributed by atoms with Crippen LogP contribution in [0.2, 0.25) is 10.0 Å². The zero-order chi connectivity index (χ0) is 22.8. The number of carbonyl (C=O) groups is 1. The van der Waals surface area contributed by atoms with E-state index in [4.69, 9.17) is 27.7 Å². The van der Waals surface area contributed by atoms with E-state index in [1.165, 1.54) is 0 Å². The van der Waals surface area contributed by atoms with E-state index < -0.39 is 8.15 Å². The average molecular weight is 485 g/mol. The topological polar surface area (TPSA) is 54.1 Å². The van der Waals surface area contributed by atoms with Crippen LogP contribution in [0.4, 0.5) is 0 Å². The minimum atomic E-state index is -1.26. The lowest BCUT2D eigenvalue weighted by Gasteiger charge is -2.18. The first kappa shape index (κ1) is 22.8. The molecule has 2 N–H and O–H groups in total. The largest absolute Gasteiger partial charge is 0.353 e. The van der Waals surface area contributed by atoms with Crippen LogP contribution in [0.15, 0.2) is 60.7 Å². The van der Waals surface area contributed by atoms with Crippen LogP contribution in [0, 0.1) is 13.8 Å². The maximum absolute atomic E-state index is 13.3. The highest BCUT2D eigenvalue weighted by Crippen LogP contribution is 2.39. The Balaban J connectivity index is 1.79. The van der Waals surface area contributed by atoms with Crippen LogP contribution < -0.4 is 15.9 Å². The summed E-state index contributed by atoms with van der Waals surface area (Å²) < 4.78 is 6.01. The van der Waals surface area contributed by atoms with E-state index in [-0.39, 0.29) is 5.91 Å². The van der Waals surface area contributed by atoms with Gasteiger partial charge in [0.15, 0.2) is 0 Å². The van der Waals surface area contributed by atoms with Crippen molar-refractivity contribution in [3.8, 4) is 0 Å². The third-order valence-electron chi connectivity index (χ3n) is 5.18. The number of nitrogens with one attached hydrogen (secondary N) is 2. The molecule has 1 aromatic heterocycles. The second kappa shape index (κ2) is 9.64. The van der Waals surface area contributed by atoms with Gasteiger partial charge in [0.2, 0.25) is 0 Å². The smallest absolute Gasteiger partial charge is 0.268 e. The van der Waals surface area contributed by atoms with Gasteiger partial charge in [0, 0.05) is 45.2 Å². The molecule has 0 saturated carbocycles. The average Bonchev–Trinajstić information content (AvgIpc) is 3.11. The summed E-state index contributed by atoms with van der Waals surface area (Å²) in [6, 6.07) is 19.4. The Morgan fingerprint density at radius 1 is 1.03 bits per heavy atom. The molecular formula is C25H23Cl2N2O2P. The van der Waals surface area contributed by atoms with Gasteiger partial charge in [-0.25, -0.2) is 0 Å². The van der Waals surface area contributed by atoms with Gasteiger partial charge in [0.05, 0.1) is 8.15 Å². The number of carbonyl (C=O) groups excluding carboxylic acids is 1. The molecular weight excluding hydrogens is 462 g/mol. The fourth-order valence-electron chi connectivity index (χ4n) is 3.82. The summed E-state index contributed by atoms with van der Waals surface area (Å²) in [4.78, 5) is 16.6. The molecule has 0 spiro atoms. The van der Waals surface area contributed by atoms with Crippen molar-refractivity contribution in [2.45, 2.75) is 20.4 Å². The molecule has 1 atom stereocenters. The molecule has 1 amide bonds. The van der Waals surface area contributed by atoms with Crippen LogP contribution in [0.3, 0.4) is 0 Å². The summed E-state index contributed by atoms with van der Waals surface area (Å²) >= 11 is 12.6. The predicted molar refractivity (Wildman–Crippen MR) is 135 cm³/mol. The molecule has 0 aliphatic heterocycles. The molecule has 0 saturated heterocycles. The van der Waals surface area contributed by atoms with Crippen molar-refractivity contribution in [1.29, 1.82) is 0 Å². The standard InChI is InChI=1S/C25H23Cl2N2O2P/c1-15-10-16(2)12-19(11-15)32(31-3)24-20-13-18(26)8-9-22(20)29-23(24)25(30)28-14-17-6-4-5-7-21(17)27/h4-13,29H,14H2,1-3H3,(H,28,30). The van der Waals surface area contributed by atoms with Crippen molar-refractivity contribution >= 4 is 58.8 Å². The van der Waals surface area contributed by atoms with Gasteiger partial charge >= 0.3 is 0 Å². The Kier molecular flexibility index (Phi) is 6.88. The quantitative estimate of drug-likeness (QED) is 0.329. The van der Waals surface area contributed by atoms with Crippen molar-refractivity contribution in [2.75, 3.05) is 7.11 Å². The number of fused-ring (bicyclic) bond motifs is 1. The monoisotopic (exact) mass is 484 g/mol. The molecule has 0 aliphatic carbocycles. The summed E-state index contributed by atoms with van der Waals surface area (Å²) in [5.74, 6) is -0.221. The van der Waals surface area contributed by atoms with Gasteiger partial charge in [-0.15, -0.1) is 0 Å². The van der Waals surface area contributed by atoms with Crippen LogP contribution >= 0.6 is 31.4 Å². The van der Waals surface area contributed by atoms with Crippen LogP contribution in [-0.2, 0) is 11.1 Å². The molecule has 1 unspecified atom stereocenters. The predicted octanol–water partition coefficient (Wildman–Crippen LogP) is 6.02. The minimum Gasteiger partial charge on any atom is -0.353 e. The van der Waals surface area contributed by atoms with Crippen molar-refractivity contribution in [1.82, 2.24) is 10.3 Å². The first-order chi connectivity index (χ1) is 15.4. The molecule has 4 rings (SSSR count). The van der Waals surface area contributed by atoms with Crippen LogP contribution in [0.5, 0.6) is 0 Å². The highest BCUT2D eigenvalue weighted by atomic mass is 35.5. The molecule has 4 nitrogen and oxygen atoms in total. The number of benzene rings is 3. The van der Waals surface area contributed by atoms with Crippen molar-refractivity contribution < 1.29 is 9.32 Å². The van der Waals surface area contributed by atoms with E-state index in [1.54, 1.807) is 7.11 Å². The molecule has 3 aromatic carbocycles. The third kappa shape index (κ3) is 4.69. The molecule has 0 bridgehead atoms. The van der Waals surface area contributed by atoms with E-state index in [1.807, 2.05) is 42.5 Å². The fraction of sp³-hybridized carbons (Fsp3) is 0.160. The zero-order valence-electron chi connectivity index (χ0n) is 18.0. The van der Waals surface area contributed by atoms with E-state index in [2.05, 4.69) is 42.3 Å². The van der Waals surface area contributed by atoms with Crippen molar-refractivity contribution in [3.63, 3.8) is 0 Å². The van der Waals surface area contributed by atoms with Crippen LogP contribution in [-0.4, -0.2) is 18.0 Å². The summed E-state index contributed by atoms with van der Waals surface area (Å²) in [5.41, 5.74) is 4.45. The summed E-state index contributed by atoms with van der Waals surface area (Å²) in [6.45, 7) is 4.44. The minimum absolute atomic E-state index is 0.221. The number of amides is 1. The lowest BCUT2D eigenvalue weighted by atomic mass is 10.2. The third-order valence-corrected chi connectivity index (χ3v) is 7.75. The van der Waals surface area contributed by atoms with Gasteiger partial charge in [-0.2, -0.15) is 0 Å². The lowest BCUT2D eigenvalue weighted by Crippen LogP contribution is -2.29. The van der Waals surface area contributed by atoms with E-state index in [0.717, 1.165) is 38.2 Å². The van der Waals surface area contributed by atoms with E-state index in [9.17, 15) is 4.79 Å². The first-order valence-corrected chi connectivity index (χ1v) is 12.1. The number of aromatic nitrogens is 1. The highest BCUT2D eigenvalue weighted by molar-refractivity contribution is 7.69. The molecule has 164 valence electrons. The normalized spacial score (nSPS) is 12.2. The van der Waals surface area contributed by atoms with Crippen LogP contribution in [0.25, 0.3) is 10.9 Å². The Hall–Kier alpha value is -2.36. The highest BCUT2D eigenvalue weighted by Gasteiger charge is 2.27. The molecule has 4 aromatic rings. The number of halogens is 2. The Morgan fingerprint density at radius 2 is 1.75 bits per heavy atom. The Labute approximate surface area is 198 Å². The molecule has 32 heavy (non-hydrogen) atoms. The summed E-state index contributed by atoms with van der Waals surface area (Å²) in [6.07, 6.45) is 0. The molecule has 1 heterocycles. The molecule has 0 fully saturated rings. The Morgan fingerprint density at radius 3 is 2.44 bits per heavy atom. The SMILES string of the molecule is COP(c1cc(C)cc(C)c1)c1c(C(=O)NCc2ccccc2Cl)[nH]c2ccc(Cl)cc12. The second-order valence-electron chi connectivity index (χ2n) is 7.64. The molecule has 0 radical (unpaired) electrons. The van der Waals surface area contributed by atoms with Gasteiger partial charge in [-0.05, 0) is 55.8 Å². The fourth-order valence-corrected chi connectivity index (χ4v) is 6.26. The summed E-state index contributed by atoms with van der Waals surface area (Å²) in [5, 5.41) is 6.96. The van der Waals surface area contributed by atoms with Gasteiger partial charge in [-0.3, -0.25) is 4.79 Å². The van der Waals surface area contributed by atoms with E-state index >= 15 is 0 Å². The van der Waals surface area contributed by atoms with Gasteiger partial charge in [0.1, 0.15) is 5.69 Å². The molecule has 7 heteroatoms. The number of rotatable bonds is 6. The Bertz CT molecular complexity index is 1280. The number of hydrogen-bond acceptors (Lipinski definition) is 2. The zero-order valence-corrected chi connectivity index (χ0v) is 20.4.